The van der Waals surface area contributed by atoms with Crippen molar-refractivity contribution in [2.45, 2.75) is 6.54 Å². The molecule has 22 heavy (non-hydrogen) atoms. The summed E-state index contributed by atoms with van der Waals surface area (Å²) in [6.07, 6.45) is 0. The first kappa shape index (κ1) is 16.5. The number of nitro benzene ring substituents is 1. The summed E-state index contributed by atoms with van der Waals surface area (Å²) in [4.78, 5) is 10.1. The lowest BCUT2D eigenvalue weighted by Gasteiger charge is -2.10. The monoisotopic (exact) mass is 339 g/mol. The van der Waals surface area contributed by atoms with Crippen LogP contribution in [-0.4, -0.2) is 18.0 Å². The minimum Gasteiger partial charge on any atom is -0.384 e. The fourth-order valence-corrected chi connectivity index (χ4v) is 2.44. The Kier molecular flexibility index (Phi) is 6.00. The Morgan fingerprint density at radius 2 is 1.64 bits per heavy atom. The van der Waals surface area contributed by atoms with E-state index in [1.54, 1.807) is 24.3 Å². The maximum atomic E-state index is 10.6. The van der Waals surface area contributed by atoms with E-state index in [-0.39, 0.29) is 5.69 Å². The summed E-state index contributed by atoms with van der Waals surface area (Å²) in [7, 11) is 0. The minimum absolute atomic E-state index is 0.0806. The van der Waals surface area contributed by atoms with Crippen LogP contribution < -0.4 is 10.6 Å². The summed E-state index contributed by atoms with van der Waals surface area (Å²) >= 11 is 12.2. The molecule has 0 unspecified atom stereocenters. The maximum Gasteiger partial charge on any atom is 0.269 e. The number of non-ortho nitro benzene ring substituents is 1. The predicted molar refractivity (Wildman–Crippen MR) is 89.8 cm³/mol. The topological polar surface area (TPSA) is 67.2 Å². The zero-order chi connectivity index (χ0) is 15.9. The molecule has 2 aromatic rings. The number of halogens is 2. The molecule has 0 aromatic heterocycles. The first-order valence-corrected chi connectivity index (χ1v) is 7.45. The standard InChI is InChI=1S/C15H15Cl2N3O2/c16-14-2-1-3-15(17)13(14)10-18-8-9-19-11-4-6-12(7-5-11)20(21)22/h1-7,18-19H,8-10H2. The van der Waals surface area contributed by atoms with Gasteiger partial charge in [0.05, 0.1) is 4.92 Å². The lowest BCUT2D eigenvalue weighted by Crippen LogP contribution is -2.22. The highest BCUT2D eigenvalue weighted by atomic mass is 35.5. The quantitative estimate of drug-likeness (QED) is 0.452. The second kappa shape index (κ2) is 7.98. The van der Waals surface area contributed by atoms with Gasteiger partial charge in [0, 0.05) is 53.1 Å². The second-order valence-electron chi connectivity index (χ2n) is 4.61. The molecule has 0 bridgehead atoms. The van der Waals surface area contributed by atoms with Gasteiger partial charge in [-0.3, -0.25) is 10.1 Å². The zero-order valence-electron chi connectivity index (χ0n) is 11.7. The van der Waals surface area contributed by atoms with E-state index >= 15 is 0 Å². The molecule has 0 aliphatic heterocycles. The summed E-state index contributed by atoms with van der Waals surface area (Å²) < 4.78 is 0. The maximum absolute atomic E-state index is 10.6. The Morgan fingerprint density at radius 1 is 1.00 bits per heavy atom. The smallest absolute Gasteiger partial charge is 0.269 e. The Hall–Kier alpha value is -1.82. The molecule has 0 heterocycles. The van der Waals surface area contributed by atoms with Crippen molar-refractivity contribution < 1.29 is 4.92 Å². The van der Waals surface area contributed by atoms with E-state index < -0.39 is 4.92 Å². The molecule has 0 aliphatic carbocycles. The second-order valence-corrected chi connectivity index (χ2v) is 5.42. The van der Waals surface area contributed by atoms with Gasteiger partial charge >= 0.3 is 0 Å². The molecule has 0 saturated heterocycles. The SMILES string of the molecule is O=[N+]([O-])c1ccc(NCCNCc2c(Cl)cccc2Cl)cc1. The molecule has 2 rings (SSSR count). The average molecular weight is 340 g/mol. The molecule has 0 spiro atoms. The van der Waals surface area contributed by atoms with Gasteiger partial charge in [-0.25, -0.2) is 0 Å². The van der Waals surface area contributed by atoms with Crippen LogP contribution in [0.4, 0.5) is 11.4 Å². The molecule has 0 radical (unpaired) electrons. The fraction of sp³-hybridized carbons (Fsp3) is 0.200. The van der Waals surface area contributed by atoms with Gasteiger partial charge in [-0.15, -0.1) is 0 Å². The van der Waals surface area contributed by atoms with Crippen molar-refractivity contribution in [2.75, 3.05) is 18.4 Å². The summed E-state index contributed by atoms with van der Waals surface area (Å²) in [5.41, 5.74) is 1.79. The summed E-state index contributed by atoms with van der Waals surface area (Å²) in [6, 6.07) is 11.7. The van der Waals surface area contributed by atoms with Gasteiger partial charge in [-0.05, 0) is 24.3 Å². The van der Waals surface area contributed by atoms with E-state index in [0.29, 0.717) is 29.7 Å². The molecule has 5 nitrogen and oxygen atoms in total. The normalized spacial score (nSPS) is 10.5. The fourth-order valence-electron chi connectivity index (χ4n) is 1.91. The van der Waals surface area contributed by atoms with Crippen LogP contribution in [0.2, 0.25) is 10.0 Å². The molecule has 0 atom stereocenters. The zero-order valence-corrected chi connectivity index (χ0v) is 13.2. The van der Waals surface area contributed by atoms with Gasteiger partial charge in [0.25, 0.3) is 5.69 Å². The summed E-state index contributed by atoms with van der Waals surface area (Å²) in [5.74, 6) is 0. The van der Waals surface area contributed by atoms with Crippen molar-refractivity contribution in [1.29, 1.82) is 0 Å². The van der Waals surface area contributed by atoms with Crippen LogP contribution in [0.1, 0.15) is 5.56 Å². The number of nitrogens with zero attached hydrogens (tertiary/aromatic N) is 1. The van der Waals surface area contributed by atoms with Crippen LogP contribution in [0.25, 0.3) is 0 Å². The van der Waals surface area contributed by atoms with Crippen LogP contribution in [0.3, 0.4) is 0 Å². The highest BCUT2D eigenvalue weighted by Gasteiger charge is 2.05. The van der Waals surface area contributed by atoms with Crippen molar-refractivity contribution in [3.8, 4) is 0 Å². The van der Waals surface area contributed by atoms with Gasteiger partial charge in [-0.1, -0.05) is 29.3 Å². The van der Waals surface area contributed by atoms with E-state index in [0.717, 1.165) is 11.3 Å². The van der Waals surface area contributed by atoms with Gasteiger partial charge < -0.3 is 10.6 Å². The number of nitrogens with one attached hydrogen (secondary N) is 2. The molecule has 7 heteroatoms. The van der Waals surface area contributed by atoms with Crippen LogP contribution in [-0.2, 0) is 6.54 Å². The Bertz CT molecular complexity index is 627. The molecule has 116 valence electrons. The van der Waals surface area contributed by atoms with E-state index in [4.69, 9.17) is 23.2 Å². The van der Waals surface area contributed by atoms with Crippen LogP contribution in [0.5, 0.6) is 0 Å². The molecule has 2 aromatic carbocycles. The number of rotatable bonds is 7. The van der Waals surface area contributed by atoms with Crippen LogP contribution in [0.15, 0.2) is 42.5 Å². The van der Waals surface area contributed by atoms with E-state index in [1.165, 1.54) is 12.1 Å². The van der Waals surface area contributed by atoms with Gasteiger partial charge in [0.1, 0.15) is 0 Å². The number of nitro groups is 1. The van der Waals surface area contributed by atoms with E-state index in [1.807, 2.05) is 6.07 Å². The van der Waals surface area contributed by atoms with Gasteiger partial charge in [0.2, 0.25) is 0 Å². The van der Waals surface area contributed by atoms with Crippen molar-refractivity contribution in [3.05, 3.63) is 68.2 Å². The number of benzene rings is 2. The molecule has 2 N–H and O–H groups in total. The van der Waals surface area contributed by atoms with Crippen molar-refractivity contribution in [1.82, 2.24) is 5.32 Å². The third-order valence-electron chi connectivity index (χ3n) is 3.07. The number of hydrogen-bond donors (Lipinski definition) is 2. The predicted octanol–water partition coefficient (Wildman–Crippen LogP) is 4.10. The van der Waals surface area contributed by atoms with Crippen LogP contribution in [0, 0.1) is 10.1 Å². The van der Waals surface area contributed by atoms with Crippen molar-refractivity contribution in [3.63, 3.8) is 0 Å². The van der Waals surface area contributed by atoms with Crippen molar-refractivity contribution >= 4 is 34.6 Å². The third-order valence-corrected chi connectivity index (χ3v) is 3.78. The molecule has 0 amide bonds. The average Bonchev–Trinajstić information content (AvgIpc) is 2.50. The highest BCUT2D eigenvalue weighted by Crippen LogP contribution is 2.23. The largest absolute Gasteiger partial charge is 0.384 e. The third kappa shape index (κ3) is 4.59. The van der Waals surface area contributed by atoms with Crippen molar-refractivity contribution in [2.24, 2.45) is 0 Å². The highest BCUT2D eigenvalue weighted by molar-refractivity contribution is 6.35. The van der Waals surface area contributed by atoms with E-state index in [9.17, 15) is 10.1 Å². The lowest BCUT2D eigenvalue weighted by molar-refractivity contribution is -0.384. The molecule has 0 aliphatic rings. The Balaban J connectivity index is 1.74. The Morgan fingerprint density at radius 3 is 2.23 bits per heavy atom. The molecule has 0 saturated carbocycles. The minimum atomic E-state index is -0.418. The molecular formula is C15H15Cl2N3O2. The first-order chi connectivity index (χ1) is 10.6. The van der Waals surface area contributed by atoms with E-state index in [2.05, 4.69) is 10.6 Å². The number of anilines is 1. The van der Waals surface area contributed by atoms with Crippen LogP contribution >= 0.6 is 23.2 Å². The molecule has 0 fully saturated rings. The Labute approximate surface area is 138 Å². The first-order valence-electron chi connectivity index (χ1n) is 6.70. The number of hydrogen-bond acceptors (Lipinski definition) is 4. The van der Waals surface area contributed by atoms with Gasteiger partial charge in [-0.2, -0.15) is 0 Å². The molecular weight excluding hydrogens is 325 g/mol. The van der Waals surface area contributed by atoms with Gasteiger partial charge in [0.15, 0.2) is 0 Å². The summed E-state index contributed by atoms with van der Waals surface area (Å²) in [5, 5.41) is 18.3. The lowest BCUT2D eigenvalue weighted by atomic mass is 10.2. The summed E-state index contributed by atoms with van der Waals surface area (Å²) in [6.45, 7) is 1.97.